The van der Waals surface area contributed by atoms with E-state index in [1.165, 1.54) is 29.2 Å². The number of rotatable bonds is 3. The number of ether oxygens (including phenoxy) is 1. The first-order chi connectivity index (χ1) is 10.0. The summed E-state index contributed by atoms with van der Waals surface area (Å²) in [4.78, 5) is 1.30. The predicted molar refractivity (Wildman–Crippen MR) is 81.7 cm³/mol. The van der Waals surface area contributed by atoms with E-state index in [1.54, 1.807) is 6.07 Å². The zero-order valence-electron chi connectivity index (χ0n) is 11.5. The van der Waals surface area contributed by atoms with Gasteiger partial charge in [-0.25, -0.2) is 10.9 Å². The zero-order valence-corrected chi connectivity index (χ0v) is 12.4. The van der Waals surface area contributed by atoms with E-state index in [0.717, 1.165) is 10.8 Å². The van der Waals surface area contributed by atoms with E-state index >= 15 is 0 Å². The predicted octanol–water partition coefficient (Wildman–Crippen LogP) is 4.93. The monoisotopic (exact) mass is 314 g/mol. The third-order valence-corrected chi connectivity index (χ3v) is 6.48. The maximum atomic E-state index is 12.3. The first-order valence-electron chi connectivity index (χ1n) is 7.01. The smallest absolute Gasteiger partial charge is 0.422 e. The fourth-order valence-corrected chi connectivity index (χ4v) is 5.51. The van der Waals surface area contributed by atoms with E-state index in [9.17, 15) is 13.2 Å². The summed E-state index contributed by atoms with van der Waals surface area (Å²) >= 11 is 0. The molecule has 0 aliphatic carbocycles. The topological polar surface area (TPSA) is 9.23 Å². The molecular weight excluding hydrogens is 297 g/mol. The summed E-state index contributed by atoms with van der Waals surface area (Å²) in [5, 5.41) is 1.83. The molecule has 1 aliphatic heterocycles. The molecule has 0 radical (unpaired) electrons. The third-order valence-electron chi connectivity index (χ3n) is 3.70. The van der Waals surface area contributed by atoms with Crippen LogP contribution in [0.2, 0.25) is 0 Å². The van der Waals surface area contributed by atoms with Gasteiger partial charge in [-0.3, -0.25) is 0 Å². The average molecular weight is 314 g/mol. The van der Waals surface area contributed by atoms with Gasteiger partial charge in [0, 0.05) is 5.39 Å². The lowest BCUT2D eigenvalue weighted by Crippen LogP contribution is -2.19. The van der Waals surface area contributed by atoms with Crippen LogP contribution >= 0.6 is 10.9 Å². The minimum atomic E-state index is -4.31. The standard InChI is InChI=1S/C16H17F3OS/c17-16(18,19)11-20-14-7-8-15(21-9-3-4-10-21)13-6-2-1-5-12(13)14/h1-2,5-8,21H,3-4,9-11H2. The third kappa shape index (κ3) is 3.28. The van der Waals surface area contributed by atoms with Crippen molar-refractivity contribution in [2.24, 2.45) is 0 Å². The van der Waals surface area contributed by atoms with Gasteiger partial charge in [-0.15, -0.1) is 0 Å². The maximum absolute atomic E-state index is 12.3. The molecule has 0 N–H and O–H groups in total. The van der Waals surface area contributed by atoms with Crippen molar-refractivity contribution in [3.8, 4) is 5.75 Å². The van der Waals surface area contributed by atoms with Crippen molar-refractivity contribution >= 4 is 21.7 Å². The van der Waals surface area contributed by atoms with Crippen molar-refractivity contribution in [3.05, 3.63) is 36.4 Å². The molecule has 5 heteroatoms. The first kappa shape index (κ1) is 14.6. The molecule has 1 nitrogen and oxygen atoms in total. The highest BCUT2D eigenvalue weighted by atomic mass is 32.2. The second-order valence-corrected chi connectivity index (χ2v) is 7.68. The summed E-state index contributed by atoms with van der Waals surface area (Å²) in [7, 11) is -0.162. The van der Waals surface area contributed by atoms with Crippen LogP contribution in [0.4, 0.5) is 13.2 Å². The Morgan fingerprint density at radius 1 is 0.952 bits per heavy atom. The van der Waals surface area contributed by atoms with Gasteiger partial charge < -0.3 is 4.74 Å². The molecule has 0 aromatic heterocycles. The largest absolute Gasteiger partial charge is 0.483 e. The number of alkyl halides is 3. The number of hydrogen-bond acceptors (Lipinski definition) is 1. The number of halogens is 3. The van der Waals surface area contributed by atoms with Crippen molar-refractivity contribution in [2.75, 3.05) is 18.1 Å². The van der Waals surface area contributed by atoms with Gasteiger partial charge in [0.2, 0.25) is 0 Å². The molecule has 21 heavy (non-hydrogen) atoms. The SMILES string of the molecule is FC(F)(F)COc1ccc([SH]2CCCC2)c2ccccc12. The van der Waals surface area contributed by atoms with Crippen molar-refractivity contribution in [3.63, 3.8) is 0 Å². The van der Waals surface area contributed by atoms with Crippen LogP contribution in [0.1, 0.15) is 12.8 Å². The minimum Gasteiger partial charge on any atom is -0.483 e. The summed E-state index contributed by atoms with van der Waals surface area (Å²) in [5.41, 5.74) is 0. The van der Waals surface area contributed by atoms with E-state index in [-0.39, 0.29) is 10.9 Å². The van der Waals surface area contributed by atoms with E-state index in [4.69, 9.17) is 4.74 Å². The van der Waals surface area contributed by atoms with Gasteiger partial charge in [-0.1, -0.05) is 24.3 Å². The summed E-state index contributed by atoms with van der Waals surface area (Å²) in [6.45, 7) is -1.24. The molecule has 3 rings (SSSR count). The van der Waals surface area contributed by atoms with Gasteiger partial charge in [-0.2, -0.15) is 13.2 Å². The molecule has 0 saturated carbocycles. The average Bonchev–Trinajstić information content (AvgIpc) is 2.97. The van der Waals surface area contributed by atoms with Crippen molar-refractivity contribution in [1.82, 2.24) is 0 Å². The van der Waals surface area contributed by atoms with E-state index in [1.807, 2.05) is 30.3 Å². The van der Waals surface area contributed by atoms with Gasteiger partial charge in [0.05, 0.1) is 0 Å². The molecule has 1 fully saturated rings. The molecular formula is C16H17F3OS. The summed E-state index contributed by atoms with van der Waals surface area (Å²) in [5.74, 6) is 2.77. The second-order valence-electron chi connectivity index (χ2n) is 5.23. The highest BCUT2D eigenvalue weighted by Crippen LogP contribution is 2.47. The van der Waals surface area contributed by atoms with Crippen LogP contribution in [-0.4, -0.2) is 24.3 Å². The molecule has 2 aromatic carbocycles. The molecule has 0 atom stereocenters. The molecule has 114 valence electrons. The zero-order chi connectivity index (χ0) is 14.9. The maximum Gasteiger partial charge on any atom is 0.422 e. The number of hydrogen-bond donors (Lipinski definition) is 1. The number of fused-ring (bicyclic) bond motifs is 1. The summed E-state index contributed by atoms with van der Waals surface area (Å²) < 4.78 is 42.0. The van der Waals surface area contributed by atoms with E-state index in [0.29, 0.717) is 5.75 Å². The van der Waals surface area contributed by atoms with Crippen molar-refractivity contribution in [2.45, 2.75) is 23.9 Å². The van der Waals surface area contributed by atoms with Crippen LogP contribution < -0.4 is 4.74 Å². The van der Waals surface area contributed by atoms with Gasteiger partial charge in [0.25, 0.3) is 0 Å². The molecule has 0 amide bonds. The summed E-state index contributed by atoms with van der Waals surface area (Å²) in [6.07, 6.45) is -1.80. The Labute approximate surface area is 124 Å². The Morgan fingerprint density at radius 2 is 1.62 bits per heavy atom. The molecule has 1 aliphatic rings. The van der Waals surface area contributed by atoms with Gasteiger partial charge >= 0.3 is 6.18 Å². The molecule has 0 bridgehead atoms. The van der Waals surface area contributed by atoms with Crippen LogP contribution in [0, 0.1) is 0 Å². The Bertz CT molecular complexity index is 633. The van der Waals surface area contributed by atoms with Crippen molar-refractivity contribution < 1.29 is 17.9 Å². The van der Waals surface area contributed by atoms with E-state index < -0.39 is 12.8 Å². The van der Waals surface area contributed by atoms with E-state index in [2.05, 4.69) is 0 Å². The first-order valence-corrected chi connectivity index (χ1v) is 8.72. The van der Waals surface area contributed by atoms with Crippen molar-refractivity contribution in [1.29, 1.82) is 0 Å². The highest BCUT2D eigenvalue weighted by molar-refractivity contribution is 8.17. The Balaban J connectivity index is 1.98. The quantitative estimate of drug-likeness (QED) is 0.790. The molecule has 2 aromatic rings. The minimum absolute atomic E-state index is 0.162. The number of thiol groups is 1. The van der Waals surface area contributed by atoms with Crippen LogP contribution in [0.5, 0.6) is 5.75 Å². The fourth-order valence-electron chi connectivity index (χ4n) is 2.77. The normalized spacial score (nSPS) is 17.4. The second kappa shape index (κ2) is 5.79. The highest BCUT2D eigenvalue weighted by Gasteiger charge is 2.29. The van der Waals surface area contributed by atoms with Crippen LogP contribution in [-0.2, 0) is 0 Å². The Kier molecular flexibility index (Phi) is 4.02. The lowest BCUT2D eigenvalue weighted by atomic mass is 10.1. The summed E-state index contributed by atoms with van der Waals surface area (Å²) in [6, 6.07) is 11.3. The van der Waals surface area contributed by atoms with Gasteiger partial charge in [0.15, 0.2) is 6.61 Å². The number of benzene rings is 2. The van der Waals surface area contributed by atoms with Crippen LogP contribution in [0.25, 0.3) is 10.8 Å². The fraction of sp³-hybridized carbons (Fsp3) is 0.375. The lowest BCUT2D eigenvalue weighted by molar-refractivity contribution is -0.153. The molecule has 0 spiro atoms. The Hall–Kier alpha value is -1.36. The van der Waals surface area contributed by atoms with Gasteiger partial charge in [0.1, 0.15) is 5.75 Å². The molecule has 1 heterocycles. The Morgan fingerprint density at radius 3 is 2.29 bits per heavy atom. The lowest BCUT2D eigenvalue weighted by Gasteiger charge is -2.19. The van der Waals surface area contributed by atoms with Gasteiger partial charge in [-0.05, 0) is 46.8 Å². The van der Waals surface area contributed by atoms with Crippen LogP contribution in [0.15, 0.2) is 41.3 Å². The van der Waals surface area contributed by atoms with Crippen LogP contribution in [0.3, 0.4) is 0 Å². The molecule has 0 unspecified atom stereocenters. The molecule has 1 saturated heterocycles.